The minimum atomic E-state index is -0.167. The average molecular weight is 369 g/mol. The Morgan fingerprint density at radius 1 is 1.00 bits per heavy atom. The molecule has 0 bridgehead atoms. The van der Waals surface area contributed by atoms with E-state index in [1.807, 2.05) is 31.0 Å². The Kier molecular flexibility index (Phi) is 14.1. The molecule has 0 spiro atoms. The first-order valence-corrected chi connectivity index (χ1v) is 7.94. The molecule has 2 N–H and O–H groups in total. The van der Waals surface area contributed by atoms with Crippen LogP contribution in [0.5, 0.6) is 0 Å². The number of benzene rings is 1. The van der Waals surface area contributed by atoms with Gasteiger partial charge in [0.1, 0.15) is 6.61 Å². The van der Waals surface area contributed by atoms with E-state index < -0.39 is 0 Å². The maximum Gasteiger partial charge on any atom is 2.00 e. The maximum atomic E-state index is 8.06. The molecule has 1 aromatic rings. The fourth-order valence-corrected chi connectivity index (χ4v) is 1.43. The van der Waals surface area contributed by atoms with Crippen molar-refractivity contribution in [1.29, 1.82) is 0 Å². The molecule has 0 aliphatic carbocycles. The monoisotopic (exact) mass is 369 g/mol. The fourth-order valence-electron chi connectivity index (χ4n) is 1.43. The number of rotatable bonds is 3. The van der Waals surface area contributed by atoms with Gasteiger partial charge in [-0.1, -0.05) is 6.07 Å². The number of hydrogen-bond donors (Lipinski definition) is 2. The van der Waals surface area contributed by atoms with Crippen molar-refractivity contribution in [2.45, 2.75) is 59.3 Å². The van der Waals surface area contributed by atoms with Gasteiger partial charge in [0, 0.05) is 18.1 Å². The predicted molar refractivity (Wildman–Crippen MR) is 96.3 cm³/mol. The van der Waals surface area contributed by atoms with Crippen LogP contribution in [0.4, 0.5) is 0 Å². The molecular weight excluding hydrogens is 338 g/mol. The van der Waals surface area contributed by atoms with Crippen LogP contribution in [0.3, 0.4) is 0 Å². The molecule has 24 heavy (non-hydrogen) atoms. The number of ether oxygens (including phenoxy) is 1. The molecule has 1 aliphatic rings. The summed E-state index contributed by atoms with van der Waals surface area (Å²) in [6.07, 6.45) is 3.60. The van der Waals surface area contributed by atoms with Gasteiger partial charge in [-0.3, -0.25) is 4.99 Å². The maximum absolute atomic E-state index is 8.06. The summed E-state index contributed by atoms with van der Waals surface area (Å²) in [6, 6.07) is 10.1. The summed E-state index contributed by atoms with van der Waals surface area (Å²) in [6.45, 7) is 11.7. The summed E-state index contributed by atoms with van der Waals surface area (Å²) in [7, 11) is 0. The second-order valence-corrected chi connectivity index (χ2v) is 6.48. The molecule has 0 saturated heterocycles. The van der Waals surface area contributed by atoms with Gasteiger partial charge in [0.15, 0.2) is 0 Å². The van der Waals surface area contributed by atoms with Gasteiger partial charge in [0.2, 0.25) is 0 Å². The Bertz CT molecular complexity index is 434. The summed E-state index contributed by atoms with van der Waals surface area (Å²) < 4.78 is 5.45. The molecular formula is C19H31NO3Ti. The molecule has 1 aromatic carbocycles. The number of nitrogens with zero attached hydrogens (tertiary/aromatic N) is 1. The van der Waals surface area contributed by atoms with Gasteiger partial charge in [-0.2, -0.15) is 12.1 Å². The van der Waals surface area contributed by atoms with Crippen LogP contribution in [0.15, 0.2) is 35.3 Å². The van der Waals surface area contributed by atoms with Crippen LogP contribution in [-0.2, 0) is 26.5 Å². The predicted octanol–water partition coefficient (Wildman–Crippen LogP) is 3.42. The van der Waals surface area contributed by atoms with Crippen molar-refractivity contribution in [3.8, 4) is 0 Å². The second kappa shape index (κ2) is 13.4. The van der Waals surface area contributed by atoms with Gasteiger partial charge < -0.3 is 27.8 Å². The van der Waals surface area contributed by atoms with E-state index in [0.717, 1.165) is 11.5 Å². The number of aliphatic imine (C=N–C) groups is 1. The van der Waals surface area contributed by atoms with Gasteiger partial charge in [0.25, 0.3) is 0 Å². The number of aliphatic hydroxyl groups excluding tert-OH is 2. The molecule has 134 valence electrons. The van der Waals surface area contributed by atoms with Gasteiger partial charge in [-0.25, -0.2) is 5.56 Å². The molecule has 1 heterocycles. The van der Waals surface area contributed by atoms with Gasteiger partial charge in [-0.15, -0.1) is 12.1 Å². The largest absolute Gasteiger partial charge is 2.00 e. The minimum Gasteiger partial charge on any atom is -0.509 e. The first-order valence-electron chi connectivity index (χ1n) is 7.94. The second-order valence-electron chi connectivity index (χ2n) is 6.48. The van der Waals surface area contributed by atoms with Crippen molar-refractivity contribution >= 4 is 5.90 Å². The normalized spacial score (nSPS) is 14.2. The van der Waals surface area contributed by atoms with Crippen LogP contribution in [0.2, 0.25) is 0 Å². The molecule has 0 aromatic heterocycles. The van der Waals surface area contributed by atoms with Crippen molar-refractivity contribution < 1.29 is 36.7 Å². The molecule has 0 unspecified atom stereocenters. The van der Waals surface area contributed by atoms with E-state index in [2.05, 4.69) is 31.0 Å². The third kappa shape index (κ3) is 15.9. The third-order valence-electron chi connectivity index (χ3n) is 2.20. The first-order chi connectivity index (χ1) is 10.6. The Balaban J connectivity index is 0. The van der Waals surface area contributed by atoms with Crippen molar-refractivity contribution in [3.63, 3.8) is 0 Å². The quantitative estimate of drug-likeness (QED) is 0.634. The van der Waals surface area contributed by atoms with Crippen LogP contribution >= 0.6 is 0 Å². The molecule has 1 aliphatic heterocycles. The van der Waals surface area contributed by atoms with Crippen LogP contribution in [-0.4, -0.2) is 40.5 Å². The molecule has 0 radical (unpaired) electrons. The number of aliphatic hydroxyl groups is 2. The summed E-state index contributed by atoms with van der Waals surface area (Å²) in [5.74, 6) is 0.726. The van der Waals surface area contributed by atoms with E-state index in [1.165, 1.54) is 0 Å². The smallest absolute Gasteiger partial charge is 0.509 e. The topological polar surface area (TPSA) is 62.0 Å². The third-order valence-corrected chi connectivity index (χ3v) is 2.20. The number of hydrogen-bond acceptors (Lipinski definition) is 4. The van der Waals surface area contributed by atoms with E-state index >= 15 is 0 Å². The zero-order chi connectivity index (χ0) is 17.9. The van der Waals surface area contributed by atoms with Crippen LogP contribution in [0, 0.1) is 12.8 Å². The zero-order valence-corrected chi connectivity index (χ0v) is 17.2. The van der Waals surface area contributed by atoms with Crippen molar-refractivity contribution in [2.24, 2.45) is 4.99 Å². The Morgan fingerprint density at radius 3 is 1.83 bits per heavy atom. The van der Waals surface area contributed by atoms with E-state index in [-0.39, 0.29) is 39.5 Å². The first kappa shape index (κ1) is 25.3. The van der Waals surface area contributed by atoms with Crippen molar-refractivity contribution in [3.05, 3.63) is 48.7 Å². The molecule has 2 rings (SSSR count). The standard InChI is InChI=1S/C13H15NO.2C3H8O.Ti/c1-13(2)10-15-12(14-13)9-8-11-6-4-3-5-7-11;2*1-3(2)4;/h3-9H,10H2,1-2H3;2*3-4H,1-2H3;/q-2;;;+2. The summed E-state index contributed by atoms with van der Waals surface area (Å²) in [5.41, 5.74) is 1.09. The molecule has 5 heteroatoms. The summed E-state index contributed by atoms with van der Waals surface area (Å²) in [5, 5.41) is 16.1. The van der Waals surface area contributed by atoms with Crippen molar-refractivity contribution in [1.82, 2.24) is 0 Å². The Morgan fingerprint density at radius 2 is 1.46 bits per heavy atom. The zero-order valence-electron chi connectivity index (χ0n) is 15.7. The summed E-state index contributed by atoms with van der Waals surface area (Å²) in [4.78, 5) is 4.44. The van der Waals surface area contributed by atoms with Gasteiger partial charge in [0.05, 0.1) is 5.54 Å². The minimum absolute atomic E-state index is 0. The molecule has 0 amide bonds. The Hall–Kier alpha value is -0.936. The molecule has 4 nitrogen and oxygen atoms in total. The Labute approximate surface area is 162 Å². The van der Waals surface area contributed by atoms with Gasteiger partial charge in [-0.05, 0) is 41.5 Å². The molecule has 0 atom stereocenters. The van der Waals surface area contributed by atoms with E-state index in [0.29, 0.717) is 6.61 Å². The SMILES string of the molecule is CC(C)O.CC(C)O.CC1(C)COC([CH-][CH-]c2ccccc2)=N1.[Ti+2]. The van der Waals surface area contributed by atoms with Crippen molar-refractivity contribution in [2.75, 3.05) is 6.61 Å². The molecule has 0 fully saturated rings. The van der Waals surface area contributed by atoms with E-state index in [1.54, 1.807) is 27.7 Å². The average Bonchev–Trinajstić information content (AvgIpc) is 2.76. The fraction of sp³-hybridized carbons (Fsp3) is 0.526. The van der Waals surface area contributed by atoms with Gasteiger partial charge >= 0.3 is 21.7 Å². The summed E-state index contributed by atoms with van der Waals surface area (Å²) >= 11 is 0. The van der Waals surface area contributed by atoms with Crippen LogP contribution < -0.4 is 0 Å². The van der Waals surface area contributed by atoms with E-state index in [4.69, 9.17) is 14.9 Å². The van der Waals surface area contributed by atoms with E-state index in [9.17, 15) is 0 Å². The van der Waals surface area contributed by atoms with Crippen LogP contribution in [0.25, 0.3) is 0 Å². The van der Waals surface area contributed by atoms with Crippen LogP contribution in [0.1, 0.15) is 47.1 Å². The molecule has 0 saturated carbocycles.